The molecule has 224 valence electrons. The van der Waals surface area contributed by atoms with Crippen LogP contribution in [0.25, 0.3) is 0 Å². The summed E-state index contributed by atoms with van der Waals surface area (Å²) in [6.45, 7) is 7.53. The lowest BCUT2D eigenvalue weighted by atomic mass is 9.95. The van der Waals surface area contributed by atoms with Crippen LogP contribution in [-0.4, -0.2) is 43.8 Å². The second-order valence-corrected chi connectivity index (χ2v) is 13.2. The minimum Gasteiger partial charge on any atom is -0.352 e. The zero-order valence-electron chi connectivity index (χ0n) is 25.2. The number of carbonyl (C=O) groups excluding carboxylic acids is 2. The lowest BCUT2D eigenvalue weighted by Gasteiger charge is -2.34. The van der Waals surface area contributed by atoms with Crippen LogP contribution in [0.1, 0.15) is 67.7 Å². The van der Waals surface area contributed by atoms with Crippen molar-refractivity contribution in [3.05, 3.63) is 95.1 Å². The van der Waals surface area contributed by atoms with Crippen LogP contribution in [0, 0.1) is 20.8 Å². The molecule has 0 aromatic heterocycles. The maximum absolute atomic E-state index is 14.3. The van der Waals surface area contributed by atoms with E-state index in [0.29, 0.717) is 12.1 Å². The summed E-state index contributed by atoms with van der Waals surface area (Å²) in [5.74, 6) is -0.618. The summed E-state index contributed by atoms with van der Waals surface area (Å²) in [4.78, 5) is 29.6. The van der Waals surface area contributed by atoms with E-state index in [2.05, 4.69) is 5.32 Å². The molecular weight excluding hydrogens is 546 g/mol. The highest BCUT2D eigenvalue weighted by Gasteiger charge is 2.34. The van der Waals surface area contributed by atoms with Crippen LogP contribution in [0.5, 0.6) is 0 Å². The zero-order chi connectivity index (χ0) is 30.3. The molecule has 1 saturated carbocycles. The molecule has 2 amide bonds. The van der Waals surface area contributed by atoms with Crippen molar-refractivity contribution in [1.82, 2.24) is 10.2 Å². The van der Waals surface area contributed by atoms with Crippen LogP contribution in [0.4, 0.5) is 5.69 Å². The quantitative estimate of drug-likeness (QED) is 0.294. The average Bonchev–Trinajstić information content (AvgIpc) is 2.99. The van der Waals surface area contributed by atoms with Gasteiger partial charge in [-0.15, -0.1) is 0 Å². The van der Waals surface area contributed by atoms with Gasteiger partial charge in [0.2, 0.25) is 11.8 Å². The Morgan fingerprint density at radius 3 is 2.17 bits per heavy atom. The van der Waals surface area contributed by atoms with Crippen molar-refractivity contribution in [3.8, 4) is 0 Å². The molecule has 1 N–H and O–H groups in total. The first-order valence-electron chi connectivity index (χ1n) is 14.9. The first kappa shape index (κ1) is 31.3. The summed E-state index contributed by atoms with van der Waals surface area (Å²) in [7, 11) is -4.08. The van der Waals surface area contributed by atoms with Crippen molar-refractivity contribution in [2.24, 2.45) is 0 Å². The van der Waals surface area contributed by atoms with Gasteiger partial charge in [-0.25, -0.2) is 8.42 Å². The number of sulfonamides is 1. The van der Waals surface area contributed by atoms with Crippen LogP contribution in [0.2, 0.25) is 0 Å². The fraction of sp³-hybridized carbons (Fsp3) is 0.412. The highest BCUT2D eigenvalue weighted by Crippen LogP contribution is 2.27. The summed E-state index contributed by atoms with van der Waals surface area (Å²) in [5.41, 5.74) is 4.32. The molecule has 1 aliphatic carbocycles. The van der Waals surface area contributed by atoms with E-state index in [1.165, 1.54) is 22.9 Å². The van der Waals surface area contributed by atoms with E-state index in [-0.39, 0.29) is 23.4 Å². The lowest BCUT2D eigenvalue weighted by Crippen LogP contribution is -2.54. The average molecular weight is 590 g/mol. The number of aryl methyl sites for hydroxylation is 3. The molecule has 3 aromatic carbocycles. The van der Waals surface area contributed by atoms with Gasteiger partial charge in [-0.1, -0.05) is 80.3 Å². The first-order valence-corrected chi connectivity index (χ1v) is 16.3. The molecule has 1 aliphatic rings. The van der Waals surface area contributed by atoms with Crippen molar-refractivity contribution < 1.29 is 18.0 Å². The van der Waals surface area contributed by atoms with Crippen molar-refractivity contribution in [2.75, 3.05) is 10.8 Å². The second kappa shape index (κ2) is 14.0. The van der Waals surface area contributed by atoms with Crippen LogP contribution in [0.15, 0.2) is 77.7 Å². The van der Waals surface area contributed by atoms with Crippen molar-refractivity contribution in [1.29, 1.82) is 0 Å². The van der Waals surface area contributed by atoms with Gasteiger partial charge in [-0.2, -0.15) is 0 Å². The van der Waals surface area contributed by atoms with Crippen LogP contribution < -0.4 is 9.62 Å². The molecule has 0 spiro atoms. The van der Waals surface area contributed by atoms with Crippen LogP contribution in [-0.2, 0) is 26.2 Å². The number of nitrogens with one attached hydrogen (secondary N) is 1. The summed E-state index contributed by atoms with van der Waals surface area (Å²) in [5, 5.41) is 3.19. The minimum atomic E-state index is -4.08. The number of anilines is 1. The van der Waals surface area contributed by atoms with Crippen molar-refractivity contribution in [3.63, 3.8) is 0 Å². The number of benzene rings is 3. The van der Waals surface area contributed by atoms with Gasteiger partial charge < -0.3 is 10.2 Å². The Labute approximate surface area is 251 Å². The highest BCUT2D eigenvalue weighted by atomic mass is 32.2. The topological polar surface area (TPSA) is 86.8 Å². The number of carbonyl (C=O) groups is 2. The smallest absolute Gasteiger partial charge is 0.264 e. The van der Waals surface area contributed by atoms with E-state index in [1.54, 1.807) is 35.2 Å². The predicted molar refractivity (Wildman–Crippen MR) is 168 cm³/mol. The fourth-order valence-electron chi connectivity index (χ4n) is 5.48. The van der Waals surface area contributed by atoms with Gasteiger partial charge in [0, 0.05) is 12.6 Å². The molecule has 0 heterocycles. The third-order valence-electron chi connectivity index (χ3n) is 8.20. The summed E-state index contributed by atoms with van der Waals surface area (Å²) < 4.78 is 29.2. The third-order valence-corrected chi connectivity index (χ3v) is 9.99. The van der Waals surface area contributed by atoms with Crippen molar-refractivity contribution in [2.45, 2.75) is 89.7 Å². The normalized spacial score (nSPS) is 14.7. The molecule has 7 nitrogen and oxygen atoms in total. The maximum Gasteiger partial charge on any atom is 0.264 e. The SMILES string of the molecule is CCC(C(=O)NC1CCCCC1)N(Cc1ccc(C)cc1)C(=O)CN(c1ccc(C)c(C)c1)S(=O)(=O)c1ccccc1. The van der Waals surface area contributed by atoms with E-state index in [4.69, 9.17) is 0 Å². The molecule has 42 heavy (non-hydrogen) atoms. The molecule has 1 fully saturated rings. The minimum absolute atomic E-state index is 0.0992. The standard InChI is InChI=1S/C34H43N3O4S/c1-5-32(34(39)35-29-12-8-6-9-13-29)36(23-28-19-16-25(2)17-20-28)33(38)24-37(30-21-18-26(3)27(4)22-30)42(40,41)31-14-10-7-11-15-31/h7,10-11,14-22,29,32H,5-6,8-9,12-13,23-24H2,1-4H3,(H,35,39). The molecule has 1 atom stereocenters. The molecule has 4 rings (SSSR count). The molecule has 1 unspecified atom stereocenters. The third kappa shape index (κ3) is 7.59. The number of hydrogen-bond acceptors (Lipinski definition) is 4. The Bertz CT molecular complexity index is 1470. The van der Waals surface area contributed by atoms with Gasteiger partial charge in [0.05, 0.1) is 10.6 Å². The Morgan fingerprint density at radius 1 is 0.881 bits per heavy atom. The van der Waals surface area contributed by atoms with E-state index in [9.17, 15) is 18.0 Å². The first-order chi connectivity index (χ1) is 20.1. The van der Waals surface area contributed by atoms with Gasteiger partial charge in [0.25, 0.3) is 10.0 Å². The molecule has 0 saturated heterocycles. The molecule has 0 bridgehead atoms. The number of amides is 2. The maximum atomic E-state index is 14.3. The van der Waals surface area contributed by atoms with E-state index in [0.717, 1.165) is 47.9 Å². The largest absolute Gasteiger partial charge is 0.352 e. The Hall–Kier alpha value is -3.65. The van der Waals surface area contributed by atoms with Gasteiger partial charge in [0.1, 0.15) is 12.6 Å². The van der Waals surface area contributed by atoms with Crippen LogP contribution >= 0.6 is 0 Å². The molecule has 0 aliphatic heterocycles. The monoisotopic (exact) mass is 589 g/mol. The lowest BCUT2D eigenvalue weighted by molar-refractivity contribution is -0.140. The molecule has 0 radical (unpaired) electrons. The van der Waals surface area contributed by atoms with E-state index in [1.807, 2.05) is 58.0 Å². The number of rotatable bonds is 11. The van der Waals surface area contributed by atoms with E-state index >= 15 is 0 Å². The molecule has 8 heteroatoms. The van der Waals surface area contributed by atoms with Gasteiger partial charge in [0.15, 0.2) is 0 Å². The van der Waals surface area contributed by atoms with Crippen molar-refractivity contribution >= 4 is 27.5 Å². The molecular formula is C34H43N3O4S. The number of nitrogens with zero attached hydrogens (tertiary/aromatic N) is 2. The van der Waals surface area contributed by atoms with Gasteiger partial charge >= 0.3 is 0 Å². The molecule has 3 aromatic rings. The highest BCUT2D eigenvalue weighted by molar-refractivity contribution is 7.92. The van der Waals surface area contributed by atoms with Gasteiger partial charge in [-0.05, 0) is 81.0 Å². The predicted octanol–water partition coefficient (Wildman–Crippen LogP) is 6.06. The van der Waals surface area contributed by atoms with E-state index < -0.39 is 28.5 Å². The number of hydrogen-bond donors (Lipinski definition) is 1. The summed E-state index contributed by atoms with van der Waals surface area (Å²) in [6.07, 6.45) is 5.61. The van der Waals surface area contributed by atoms with Gasteiger partial charge in [-0.3, -0.25) is 13.9 Å². The summed E-state index contributed by atoms with van der Waals surface area (Å²) >= 11 is 0. The second-order valence-electron chi connectivity index (χ2n) is 11.4. The Kier molecular flexibility index (Phi) is 10.4. The Morgan fingerprint density at radius 2 is 1.55 bits per heavy atom. The van der Waals surface area contributed by atoms with Crippen LogP contribution in [0.3, 0.4) is 0 Å². The Balaban J connectivity index is 1.71. The fourth-order valence-corrected chi connectivity index (χ4v) is 6.91. The zero-order valence-corrected chi connectivity index (χ0v) is 26.0. The summed E-state index contributed by atoms with van der Waals surface area (Å²) in [6, 6.07) is 20.7.